The van der Waals surface area contributed by atoms with Crippen molar-refractivity contribution in [2.24, 2.45) is 0 Å². The standard InChI is InChI=1S/C23H44O3/c1-2-3-16-19-22(24)20-17-14-12-10-8-6-4-5-7-9-11-13-15-18-21-23(25)26/h3,16,22,24H,2,4-15,17-21H2,1H3,(H,25,26). The summed E-state index contributed by atoms with van der Waals surface area (Å²) in [4.78, 5) is 10.4. The Morgan fingerprint density at radius 1 is 0.731 bits per heavy atom. The van der Waals surface area contributed by atoms with Gasteiger partial charge in [0.15, 0.2) is 0 Å². The van der Waals surface area contributed by atoms with Crippen LogP contribution in [0.4, 0.5) is 0 Å². The van der Waals surface area contributed by atoms with E-state index in [9.17, 15) is 9.90 Å². The molecule has 1 atom stereocenters. The van der Waals surface area contributed by atoms with Gasteiger partial charge >= 0.3 is 5.97 Å². The Morgan fingerprint density at radius 2 is 1.15 bits per heavy atom. The summed E-state index contributed by atoms with van der Waals surface area (Å²) in [6, 6.07) is 0. The molecule has 154 valence electrons. The summed E-state index contributed by atoms with van der Waals surface area (Å²) in [5.41, 5.74) is 0. The Hall–Kier alpha value is -0.830. The average molecular weight is 369 g/mol. The molecule has 0 radical (unpaired) electrons. The van der Waals surface area contributed by atoms with Gasteiger partial charge in [-0.15, -0.1) is 0 Å². The van der Waals surface area contributed by atoms with Crippen LogP contribution in [-0.2, 0) is 4.79 Å². The molecule has 0 spiro atoms. The molecule has 0 aromatic heterocycles. The van der Waals surface area contributed by atoms with Gasteiger partial charge in [-0.3, -0.25) is 4.79 Å². The first-order valence-electron chi connectivity index (χ1n) is 11.2. The molecule has 0 saturated heterocycles. The van der Waals surface area contributed by atoms with E-state index in [2.05, 4.69) is 19.1 Å². The second-order valence-electron chi connectivity index (χ2n) is 7.65. The molecule has 0 amide bonds. The Balaban J connectivity index is 3.11. The van der Waals surface area contributed by atoms with Crippen LogP contribution >= 0.6 is 0 Å². The number of hydrogen-bond acceptors (Lipinski definition) is 2. The lowest BCUT2D eigenvalue weighted by Gasteiger charge is -2.07. The summed E-state index contributed by atoms with van der Waals surface area (Å²) in [5.74, 6) is -0.664. The summed E-state index contributed by atoms with van der Waals surface area (Å²) in [7, 11) is 0. The second kappa shape index (κ2) is 20.5. The largest absolute Gasteiger partial charge is 0.481 e. The first kappa shape index (κ1) is 25.2. The first-order chi connectivity index (χ1) is 12.7. The highest BCUT2D eigenvalue weighted by Gasteiger charge is 2.01. The van der Waals surface area contributed by atoms with Crippen LogP contribution in [0.5, 0.6) is 0 Å². The maximum Gasteiger partial charge on any atom is 0.303 e. The van der Waals surface area contributed by atoms with Crippen molar-refractivity contribution in [1.82, 2.24) is 0 Å². The van der Waals surface area contributed by atoms with Gasteiger partial charge in [0, 0.05) is 6.42 Å². The second-order valence-corrected chi connectivity index (χ2v) is 7.65. The molecule has 1 unspecified atom stereocenters. The lowest BCUT2D eigenvalue weighted by molar-refractivity contribution is -0.137. The fourth-order valence-corrected chi connectivity index (χ4v) is 3.32. The lowest BCUT2D eigenvalue weighted by Crippen LogP contribution is -2.04. The molecule has 26 heavy (non-hydrogen) atoms. The number of aliphatic hydroxyl groups is 1. The minimum absolute atomic E-state index is 0.144. The van der Waals surface area contributed by atoms with Gasteiger partial charge in [0.05, 0.1) is 6.10 Å². The van der Waals surface area contributed by atoms with Crippen LogP contribution in [0, 0.1) is 0 Å². The van der Waals surface area contributed by atoms with Crippen molar-refractivity contribution in [2.45, 2.75) is 129 Å². The molecule has 0 aliphatic carbocycles. The van der Waals surface area contributed by atoms with Crippen LogP contribution in [0.1, 0.15) is 122 Å². The smallest absolute Gasteiger partial charge is 0.303 e. The molecule has 0 rings (SSSR count). The Labute approximate surface area is 162 Å². The molecule has 0 heterocycles. The van der Waals surface area contributed by atoms with E-state index < -0.39 is 5.97 Å². The van der Waals surface area contributed by atoms with Crippen molar-refractivity contribution < 1.29 is 15.0 Å². The fraction of sp³-hybridized carbons (Fsp3) is 0.870. The highest BCUT2D eigenvalue weighted by atomic mass is 16.4. The number of allylic oxidation sites excluding steroid dienone is 1. The van der Waals surface area contributed by atoms with E-state index in [-0.39, 0.29) is 6.10 Å². The zero-order valence-corrected chi connectivity index (χ0v) is 17.3. The molecule has 0 aliphatic rings. The summed E-state index contributed by atoms with van der Waals surface area (Å²) in [6.45, 7) is 2.12. The van der Waals surface area contributed by atoms with Crippen LogP contribution < -0.4 is 0 Å². The number of unbranched alkanes of at least 4 members (excludes halogenated alkanes) is 13. The van der Waals surface area contributed by atoms with Crippen LogP contribution in [0.3, 0.4) is 0 Å². The first-order valence-corrected chi connectivity index (χ1v) is 11.2. The Kier molecular flexibility index (Phi) is 19.8. The zero-order valence-electron chi connectivity index (χ0n) is 17.3. The molecule has 0 saturated carbocycles. The third-order valence-electron chi connectivity index (χ3n) is 4.99. The van der Waals surface area contributed by atoms with Gasteiger partial charge in [0.2, 0.25) is 0 Å². The van der Waals surface area contributed by atoms with E-state index in [0.29, 0.717) is 6.42 Å². The van der Waals surface area contributed by atoms with E-state index >= 15 is 0 Å². The van der Waals surface area contributed by atoms with Gasteiger partial charge in [-0.25, -0.2) is 0 Å². The van der Waals surface area contributed by atoms with E-state index in [1.165, 1.54) is 70.6 Å². The molecule has 0 aromatic rings. The fourth-order valence-electron chi connectivity index (χ4n) is 3.32. The SMILES string of the molecule is CCC=CCC(O)CCCCCCCCCCCCCCCCC(=O)O. The van der Waals surface area contributed by atoms with Gasteiger partial charge in [-0.1, -0.05) is 103 Å². The highest BCUT2D eigenvalue weighted by Crippen LogP contribution is 2.14. The topological polar surface area (TPSA) is 57.5 Å². The Bertz CT molecular complexity index is 325. The van der Waals surface area contributed by atoms with E-state index in [1.807, 2.05) is 0 Å². The number of rotatable bonds is 20. The van der Waals surface area contributed by atoms with Gasteiger partial charge in [0.1, 0.15) is 0 Å². The number of hydrogen-bond donors (Lipinski definition) is 2. The summed E-state index contributed by atoms with van der Waals surface area (Å²) in [5, 5.41) is 18.4. The number of carboxylic acid groups (broad SMARTS) is 1. The maximum atomic E-state index is 10.4. The van der Waals surface area contributed by atoms with Crippen LogP contribution in [0.2, 0.25) is 0 Å². The quantitative estimate of drug-likeness (QED) is 0.179. The van der Waals surface area contributed by atoms with Crippen LogP contribution in [0.15, 0.2) is 12.2 Å². The molecule has 0 aliphatic heterocycles. The molecule has 3 nitrogen and oxygen atoms in total. The van der Waals surface area contributed by atoms with E-state index in [0.717, 1.165) is 38.5 Å². The van der Waals surface area contributed by atoms with Gasteiger partial charge in [-0.2, -0.15) is 0 Å². The molecule has 2 N–H and O–H groups in total. The van der Waals surface area contributed by atoms with Crippen molar-refractivity contribution in [3.8, 4) is 0 Å². The minimum Gasteiger partial charge on any atom is -0.481 e. The molecule has 3 heteroatoms. The van der Waals surface area contributed by atoms with Gasteiger partial charge in [-0.05, 0) is 25.7 Å². The van der Waals surface area contributed by atoms with E-state index in [1.54, 1.807) is 0 Å². The summed E-state index contributed by atoms with van der Waals surface area (Å²) >= 11 is 0. The number of aliphatic carboxylic acids is 1. The summed E-state index contributed by atoms with van der Waals surface area (Å²) in [6.07, 6.45) is 24.8. The molecular formula is C23H44O3. The highest BCUT2D eigenvalue weighted by molar-refractivity contribution is 5.66. The zero-order chi connectivity index (χ0) is 19.3. The van der Waals surface area contributed by atoms with Crippen molar-refractivity contribution >= 4 is 5.97 Å². The van der Waals surface area contributed by atoms with Crippen molar-refractivity contribution in [1.29, 1.82) is 0 Å². The summed E-state index contributed by atoms with van der Waals surface area (Å²) < 4.78 is 0. The van der Waals surface area contributed by atoms with Crippen molar-refractivity contribution in [3.05, 3.63) is 12.2 Å². The van der Waals surface area contributed by atoms with Gasteiger partial charge in [0.25, 0.3) is 0 Å². The monoisotopic (exact) mass is 368 g/mol. The average Bonchev–Trinajstić information content (AvgIpc) is 2.61. The normalized spacial score (nSPS) is 12.7. The van der Waals surface area contributed by atoms with Crippen molar-refractivity contribution in [2.75, 3.05) is 0 Å². The number of carbonyl (C=O) groups is 1. The molecular weight excluding hydrogens is 324 g/mol. The molecule has 0 bridgehead atoms. The predicted octanol–water partition coefficient (Wildman–Crippen LogP) is 7.03. The van der Waals surface area contributed by atoms with Crippen molar-refractivity contribution in [3.63, 3.8) is 0 Å². The maximum absolute atomic E-state index is 10.4. The van der Waals surface area contributed by atoms with Gasteiger partial charge < -0.3 is 10.2 Å². The number of aliphatic hydroxyl groups excluding tert-OH is 1. The lowest BCUT2D eigenvalue weighted by atomic mass is 10.0. The van der Waals surface area contributed by atoms with E-state index in [4.69, 9.17) is 5.11 Å². The van der Waals surface area contributed by atoms with Crippen LogP contribution in [0.25, 0.3) is 0 Å². The third-order valence-corrected chi connectivity index (χ3v) is 4.99. The van der Waals surface area contributed by atoms with Crippen LogP contribution in [-0.4, -0.2) is 22.3 Å². The Morgan fingerprint density at radius 3 is 1.58 bits per heavy atom. The molecule has 0 fully saturated rings. The third kappa shape index (κ3) is 21.2. The molecule has 0 aromatic carbocycles. The number of carboxylic acids is 1. The minimum atomic E-state index is -0.664. The predicted molar refractivity (Wildman–Crippen MR) is 112 cm³/mol.